The topological polar surface area (TPSA) is 90.3 Å². The number of nitrogens with zero attached hydrogens (tertiary/aromatic N) is 2. The molecule has 0 unspecified atom stereocenters. The number of hydrogen-bond donors (Lipinski definition) is 1. The summed E-state index contributed by atoms with van der Waals surface area (Å²) in [6.45, 7) is -0.0132. The predicted octanol–water partition coefficient (Wildman–Crippen LogP) is 1.82. The lowest BCUT2D eigenvalue weighted by molar-refractivity contribution is -0.120. The van der Waals surface area contributed by atoms with Crippen molar-refractivity contribution in [2.75, 3.05) is 23.7 Å². The first-order valence-electron chi connectivity index (χ1n) is 7.80. The van der Waals surface area contributed by atoms with Crippen molar-refractivity contribution < 1.29 is 17.6 Å². The van der Waals surface area contributed by atoms with Crippen LogP contribution in [0.1, 0.15) is 11.1 Å². The zero-order valence-corrected chi connectivity index (χ0v) is 15.0. The van der Waals surface area contributed by atoms with Crippen LogP contribution in [-0.2, 0) is 21.2 Å². The normalized spacial score (nSPS) is 10.8. The molecule has 0 fully saturated rings. The molecule has 8 heteroatoms. The molecule has 0 bridgehead atoms. The standard InChI is InChI=1S/C18H18FN3O3S/c1-26(24,25)22(17-9-5-3-7-15(17)13-20)11-10-21-18(23)12-14-6-2-4-8-16(14)19/h2-9H,10-12H2,1H3,(H,21,23). The van der Waals surface area contributed by atoms with Gasteiger partial charge in [-0.15, -0.1) is 0 Å². The van der Waals surface area contributed by atoms with Gasteiger partial charge in [0.1, 0.15) is 11.9 Å². The van der Waals surface area contributed by atoms with Crippen molar-refractivity contribution in [1.82, 2.24) is 5.32 Å². The van der Waals surface area contributed by atoms with Gasteiger partial charge < -0.3 is 5.32 Å². The minimum absolute atomic E-state index is 0.0279. The highest BCUT2D eigenvalue weighted by Gasteiger charge is 2.20. The van der Waals surface area contributed by atoms with Crippen LogP contribution >= 0.6 is 0 Å². The van der Waals surface area contributed by atoms with Gasteiger partial charge in [0.15, 0.2) is 0 Å². The Bertz CT molecular complexity index is 939. The molecule has 2 aromatic rings. The van der Waals surface area contributed by atoms with Crippen LogP contribution in [0.3, 0.4) is 0 Å². The third kappa shape index (κ3) is 5.04. The number of para-hydroxylation sites is 1. The zero-order valence-electron chi connectivity index (χ0n) is 14.1. The number of carbonyl (C=O) groups is 1. The maximum atomic E-state index is 13.6. The van der Waals surface area contributed by atoms with Gasteiger partial charge in [-0.3, -0.25) is 9.10 Å². The Morgan fingerprint density at radius 1 is 1.19 bits per heavy atom. The lowest BCUT2D eigenvalue weighted by atomic mass is 10.1. The zero-order chi connectivity index (χ0) is 19.2. The number of anilines is 1. The van der Waals surface area contributed by atoms with Gasteiger partial charge in [0, 0.05) is 6.54 Å². The van der Waals surface area contributed by atoms with Crippen molar-refractivity contribution in [3.05, 3.63) is 65.5 Å². The molecule has 0 heterocycles. The van der Waals surface area contributed by atoms with E-state index in [1.807, 2.05) is 6.07 Å². The van der Waals surface area contributed by atoms with Crippen LogP contribution in [0.2, 0.25) is 0 Å². The Hall–Kier alpha value is -2.92. The number of halogens is 1. The number of carbonyl (C=O) groups excluding carboxylic acids is 1. The second kappa shape index (κ2) is 8.45. The number of rotatable bonds is 7. The third-order valence-electron chi connectivity index (χ3n) is 3.64. The molecule has 0 atom stereocenters. The second-order valence-electron chi connectivity index (χ2n) is 5.58. The second-order valence-corrected chi connectivity index (χ2v) is 7.49. The van der Waals surface area contributed by atoms with E-state index in [1.165, 1.54) is 30.3 Å². The van der Waals surface area contributed by atoms with Crippen LogP contribution in [0.4, 0.5) is 10.1 Å². The smallest absolute Gasteiger partial charge is 0.232 e. The number of nitriles is 1. The monoisotopic (exact) mass is 375 g/mol. The fourth-order valence-corrected chi connectivity index (χ4v) is 3.36. The molecule has 1 N–H and O–H groups in total. The maximum absolute atomic E-state index is 13.6. The molecule has 2 rings (SSSR count). The molecular weight excluding hydrogens is 357 g/mol. The van der Waals surface area contributed by atoms with Gasteiger partial charge in [0.05, 0.1) is 30.5 Å². The van der Waals surface area contributed by atoms with Crippen LogP contribution in [0, 0.1) is 17.1 Å². The Labute approximate surface area is 151 Å². The fourth-order valence-electron chi connectivity index (χ4n) is 2.42. The van der Waals surface area contributed by atoms with E-state index in [-0.39, 0.29) is 36.3 Å². The Morgan fingerprint density at radius 3 is 2.50 bits per heavy atom. The molecule has 0 aromatic heterocycles. The minimum atomic E-state index is -3.64. The Morgan fingerprint density at radius 2 is 1.85 bits per heavy atom. The lowest BCUT2D eigenvalue weighted by Gasteiger charge is -2.23. The molecule has 0 aliphatic rings. The summed E-state index contributed by atoms with van der Waals surface area (Å²) in [5.74, 6) is -0.888. The maximum Gasteiger partial charge on any atom is 0.232 e. The number of benzene rings is 2. The van der Waals surface area contributed by atoms with Crippen molar-refractivity contribution in [3.8, 4) is 6.07 Å². The van der Waals surface area contributed by atoms with Gasteiger partial charge >= 0.3 is 0 Å². The lowest BCUT2D eigenvalue weighted by Crippen LogP contribution is -2.39. The number of sulfonamides is 1. The van der Waals surface area contributed by atoms with Crippen molar-refractivity contribution >= 4 is 21.6 Å². The van der Waals surface area contributed by atoms with Crippen LogP contribution in [0.25, 0.3) is 0 Å². The number of amides is 1. The van der Waals surface area contributed by atoms with Gasteiger partial charge in [0.2, 0.25) is 15.9 Å². The molecule has 0 radical (unpaired) electrons. The molecule has 0 aliphatic carbocycles. The minimum Gasteiger partial charge on any atom is -0.354 e. The molecule has 0 saturated carbocycles. The van der Waals surface area contributed by atoms with Crippen LogP contribution in [0.15, 0.2) is 48.5 Å². The molecule has 136 valence electrons. The van der Waals surface area contributed by atoms with Crippen molar-refractivity contribution in [3.63, 3.8) is 0 Å². The van der Waals surface area contributed by atoms with E-state index in [1.54, 1.807) is 18.2 Å². The average molecular weight is 375 g/mol. The molecule has 0 spiro atoms. The van der Waals surface area contributed by atoms with Gasteiger partial charge in [-0.1, -0.05) is 30.3 Å². The number of nitrogens with one attached hydrogen (secondary N) is 1. The summed E-state index contributed by atoms with van der Waals surface area (Å²) in [5.41, 5.74) is 0.733. The van der Waals surface area contributed by atoms with E-state index in [0.29, 0.717) is 0 Å². The molecular formula is C18H18FN3O3S. The van der Waals surface area contributed by atoms with E-state index in [9.17, 15) is 17.6 Å². The quantitative estimate of drug-likeness (QED) is 0.799. The summed E-state index contributed by atoms with van der Waals surface area (Å²) in [4.78, 5) is 12.0. The SMILES string of the molecule is CS(=O)(=O)N(CCNC(=O)Cc1ccccc1F)c1ccccc1C#N. The van der Waals surface area contributed by atoms with E-state index >= 15 is 0 Å². The largest absolute Gasteiger partial charge is 0.354 e. The molecule has 0 aliphatic heterocycles. The third-order valence-corrected chi connectivity index (χ3v) is 4.82. The van der Waals surface area contributed by atoms with Crippen LogP contribution < -0.4 is 9.62 Å². The molecule has 6 nitrogen and oxygen atoms in total. The van der Waals surface area contributed by atoms with Gasteiger partial charge in [-0.2, -0.15) is 5.26 Å². The Balaban J connectivity index is 2.04. The van der Waals surface area contributed by atoms with E-state index in [4.69, 9.17) is 5.26 Å². The fraction of sp³-hybridized carbons (Fsp3) is 0.222. The van der Waals surface area contributed by atoms with Crippen molar-refractivity contribution in [2.45, 2.75) is 6.42 Å². The first kappa shape index (κ1) is 19.4. The predicted molar refractivity (Wildman–Crippen MR) is 96.5 cm³/mol. The van der Waals surface area contributed by atoms with Gasteiger partial charge in [-0.25, -0.2) is 12.8 Å². The Kier molecular flexibility index (Phi) is 6.31. The average Bonchev–Trinajstić information content (AvgIpc) is 2.60. The summed E-state index contributed by atoms with van der Waals surface area (Å²) in [7, 11) is -3.64. The van der Waals surface area contributed by atoms with Crippen molar-refractivity contribution in [1.29, 1.82) is 5.26 Å². The van der Waals surface area contributed by atoms with Crippen LogP contribution in [-0.4, -0.2) is 33.7 Å². The molecule has 0 saturated heterocycles. The highest BCUT2D eigenvalue weighted by Crippen LogP contribution is 2.21. The highest BCUT2D eigenvalue weighted by atomic mass is 32.2. The number of hydrogen-bond acceptors (Lipinski definition) is 4. The highest BCUT2D eigenvalue weighted by molar-refractivity contribution is 7.92. The molecule has 26 heavy (non-hydrogen) atoms. The first-order chi connectivity index (χ1) is 12.3. The van der Waals surface area contributed by atoms with Crippen LogP contribution in [0.5, 0.6) is 0 Å². The summed E-state index contributed by atoms with van der Waals surface area (Å²) < 4.78 is 38.8. The first-order valence-corrected chi connectivity index (χ1v) is 9.64. The molecule has 2 aromatic carbocycles. The summed E-state index contributed by atoms with van der Waals surface area (Å²) in [6.07, 6.45) is 0.892. The van der Waals surface area contributed by atoms with Crippen molar-refractivity contribution in [2.24, 2.45) is 0 Å². The van der Waals surface area contributed by atoms with Gasteiger partial charge in [0.25, 0.3) is 0 Å². The summed E-state index contributed by atoms with van der Waals surface area (Å²) in [6, 6.07) is 14.2. The van der Waals surface area contributed by atoms with E-state index < -0.39 is 21.7 Å². The van der Waals surface area contributed by atoms with Gasteiger partial charge in [-0.05, 0) is 23.8 Å². The van der Waals surface area contributed by atoms with E-state index in [2.05, 4.69) is 5.32 Å². The van der Waals surface area contributed by atoms with E-state index in [0.717, 1.165) is 10.6 Å². The summed E-state index contributed by atoms with van der Waals surface area (Å²) >= 11 is 0. The summed E-state index contributed by atoms with van der Waals surface area (Å²) in [5, 5.41) is 11.7. The molecule has 1 amide bonds.